The summed E-state index contributed by atoms with van der Waals surface area (Å²) in [5.41, 5.74) is 8.73. The number of hydrogen-bond donors (Lipinski definition) is 2. The number of carboxylic acids is 1. The molecule has 3 N–H and O–H groups in total. The molecule has 88 valence electrons. The minimum atomic E-state index is -0.981. The lowest BCUT2D eigenvalue weighted by Crippen LogP contribution is -2.06. The first-order valence-corrected chi connectivity index (χ1v) is 5.14. The Bertz CT molecular complexity index is 587. The average Bonchev–Trinajstić information content (AvgIpc) is 2.59. The number of imidazole rings is 1. The Kier molecular flexibility index (Phi) is 2.59. The molecule has 2 aromatic rings. The molecule has 5 nitrogen and oxygen atoms in total. The average molecular weight is 231 g/mol. The van der Waals surface area contributed by atoms with Crippen LogP contribution >= 0.6 is 0 Å². The van der Waals surface area contributed by atoms with Crippen molar-refractivity contribution in [1.29, 1.82) is 0 Å². The van der Waals surface area contributed by atoms with E-state index >= 15 is 0 Å². The van der Waals surface area contributed by atoms with Gasteiger partial charge in [0.1, 0.15) is 0 Å². The van der Waals surface area contributed by atoms with E-state index in [1.54, 1.807) is 23.0 Å². The van der Waals surface area contributed by atoms with E-state index in [0.717, 1.165) is 11.4 Å². The number of nitrogens with two attached hydrogens (primary N) is 1. The first-order chi connectivity index (χ1) is 8.00. The van der Waals surface area contributed by atoms with Crippen molar-refractivity contribution < 1.29 is 9.90 Å². The minimum absolute atomic E-state index is 0.208. The topological polar surface area (TPSA) is 81.1 Å². The number of hydrogen-bond acceptors (Lipinski definition) is 3. The van der Waals surface area contributed by atoms with Gasteiger partial charge in [0.05, 0.1) is 23.3 Å². The van der Waals surface area contributed by atoms with Gasteiger partial charge in [0, 0.05) is 11.4 Å². The van der Waals surface area contributed by atoms with Crippen LogP contribution in [0.5, 0.6) is 0 Å². The molecule has 0 saturated carbocycles. The molecular formula is C12H13N3O2. The summed E-state index contributed by atoms with van der Waals surface area (Å²) in [4.78, 5) is 15.3. The highest BCUT2D eigenvalue weighted by Crippen LogP contribution is 2.21. The first-order valence-electron chi connectivity index (χ1n) is 5.14. The number of carbonyl (C=O) groups is 1. The molecule has 2 rings (SSSR count). The maximum atomic E-state index is 11.1. The standard InChI is InChI=1S/C12H13N3O2/c1-7-8(2)15(6-14-7)11-5-9(13)3-4-10(11)12(16)17/h3-6H,13H2,1-2H3,(H,16,17). The monoisotopic (exact) mass is 231 g/mol. The van der Waals surface area contributed by atoms with E-state index in [-0.39, 0.29) is 5.56 Å². The van der Waals surface area contributed by atoms with Gasteiger partial charge in [0.25, 0.3) is 0 Å². The van der Waals surface area contributed by atoms with Gasteiger partial charge in [-0.15, -0.1) is 0 Å². The molecule has 0 amide bonds. The fraction of sp³-hybridized carbons (Fsp3) is 0.167. The lowest BCUT2D eigenvalue weighted by atomic mass is 10.1. The third kappa shape index (κ3) is 1.87. The molecule has 0 saturated heterocycles. The predicted octanol–water partition coefficient (Wildman–Crippen LogP) is 1.77. The Morgan fingerprint density at radius 2 is 2.12 bits per heavy atom. The van der Waals surface area contributed by atoms with Crippen molar-refractivity contribution in [3.05, 3.63) is 41.5 Å². The summed E-state index contributed by atoms with van der Waals surface area (Å²) in [7, 11) is 0. The molecule has 0 radical (unpaired) electrons. The number of benzene rings is 1. The SMILES string of the molecule is Cc1ncn(-c2cc(N)ccc2C(=O)O)c1C. The summed E-state index contributed by atoms with van der Waals surface area (Å²) in [6.45, 7) is 3.76. The molecule has 1 aromatic heterocycles. The van der Waals surface area contributed by atoms with E-state index < -0.39 is 5.97 Å². The summed E-state index contributed by atoms with van der Waals surface area (Å²) in [5, 5.41) is 9.14. The van der Waals surface area contributed by atoms with Crippen molar-refractivity contribution in [2.75, 3.05) is 5.73 Å². The predicted molar refractivity (Wildman–Crippen MR) is 64.4 cm³/mol. The Morgan fingerprint density at radius 3 is 2.65 bits per heavy atom. The Labute approximate surface area is 98.5 Å². The Morgan fingerprint density at radius 1 is 1.41 bits per heavy atom. The number of aromatic nitrogens is 2. The van der Waals surface area contributed by atoms with Crippen molar-refractivity contribution in [1.82, 2.24) is 9.55 Å². The summed E-state index contributed by atoms with van der Waals surface area (Å²) in [6, 6.07) is 4.71. The summed E-state index contributed by atoms with van der Waals surface area (Å²) < 4.78 is 1.73. The lowest BCUT2D eigenvalue weighted by Gasteiger charge is -2.10. The number of nitrogens with zero attached hydrogens (tertiary/aromatic N) is 2. The van der Waals surface area contributed by atoms with Crippen LogP contribution in [0, 0.1) is 13.8 Å². The van der Waals surface area contributed by atoms with Gasteiger partial charge in [-0.1, -0.05) is 0 Å². The number of anilines is 1. The highest BCUT2D eigenvalue weighted by atomic mass is 16.4. The van der Waals surface area contributed by atoms with E-state index in [1.807, 2.05) is 13.8 Å². The zero-order valence-electron chi connectivity index (χ0n) is 9.64. The second-order valence-electron chi connectivity index (χ2n) is 3.87. The van der Waals surface area contributed by atoms with Crippen molar-refractivity contribution in [2.45, 2.75) is 13.8 Å². The molecule has 1 heterocycles. The minimum Gasteiger partial charge on any atom is -0.478 e. The van der Waals surface area contributed by atoms with Crippen LogP contribution < -0.4 is 5.73 Å². The van der Waals surface area contributed by atoms with Crippen LogP contribution in [0.3, 0.4) is 0 Å². The molecule has 1 aromatic carbocycles. The van der Waals surface area contributed by atoms with Crippen molar-refractivity contribution in [3.8, 4) is 5.69 Å². The van der Waals surface area contributed by atoms with E-state index in [0.29, 0.717) is 11.4 Å². The van der Waals surface area contributed by atoms with Crippen molar-refractivity contribution in [2.24, 2.45) is 0 Å². The van der Waals surface area contributed by atoms with E-state index in [2.05, 4.69) is 4.98 Å². The highest BCUT2D eigenvalue weighted by Gasteiger charge is 2.14. The van der Waals surface area contributed by atoms with Gasteiger partial charge >= 0.3 is 5.97 Å². The number of nitrogen functional groups attached to an aromatic ring is 1. The van der Waals surface area contributed by atoms with Crippen LogP contribution in [0.1, 0.15) is 21.7 Å². The second-order valence-corrected chi connectivity index (χ2v) is 3.87. The van der Waals surface area contributed by atoms with Gasteiger partial charge in [-0.25, -0.2) is 9.78 Å². The summed E-state index contributed by atoms with van der Waals surface area (Å²) >= 11 is 0. The molecule has 0 aliphatic rings. The Balaban J connectivity index is 2.69. The van der Waals surface area contributed by atoms with Gasteiger partial charge < -0.3 is 15.4 Å². The fourth-order valence-corrected chi connectivity index (χ4v) is 1.67. The molecule has 0 aliphatic carbocycles. The van der Waals surface area contributed by atoms with Gasteiger partial charge in [0.15, 0.2) is 0 Å². The molecular weight excluding hydrogens is 218 g/mol. The van der Waals surface area contributed by atoms with Crippen LogP contribution in [0.2, 0.25) is 0 Å². The Hall–Kier alpha value is -2.30. The molecule has 0 spiro atoms. The molecule has 17 heavy (non-hydrogen) atoms. The van der Waals surface area contributed by atoms with Gasteiger partial charge in [-0.05, 0) is 32.0 Å². The normalized spacial score (nSPS) is 10.5. The lowest BCUT2D eigenvalue weighted by molar-refractivity contribution is 0.0697. The molecule has 0 unspecified atom stereocenters. The number of aromatic carboxylic acids is 1. The summed E-state index contributed by atoms with van der Waals surface area (Å²) in [5.74, 6) is -0.981. The molecule has 5 heteroatoms. The maximum Gasteiger partial charge on any atom is 0.337 e. The van der Waals surface area contributed by atoms with Crippen LogP contribution in [-0.2, 0) is 0 Å². The van der Waals surface area contributed by atoms with Gasteiger partial charge in [-0.2, -0.15) is 0 Å². The van der Waals surface area contributed by atoms with Gasteiger partial charge in [-0.3, -0.25) is 0 Å². The fourth-order valence-electron chi connectivity index (χ4n) is 1.67. The highest BCUT2D eigenvalue weighted by molar-refractivity contribution is 5.92. The smallest absolute Gasteiger partial charge is 0.337 e. The van der Waals surface area contributed by atoms with E-state index in [9.17, 15) is 4.79 Å². The zero-order valence-corrected chi connectivity index (χ0v) is 9.64. The third-order valence-corrected chi connectivity index (χ3v) is 2.76. The largest absolute Gasteiger partial charge is 0.478 e. The molecule has 0 atom stereocenters. The molecule has 0 bridgehead atoms. The number of rotatable bonds is 2. The number of carboxylic acid groups (broad SMARTS) is 1. The van der Waals surface area contributed by atoms with Gasteiger partial charge in [0.2, 0.25) is 0 Å². The molecule has 0 fully saturated rings. The zero-order chi connectivity index (χ0) is 12.6. The quantitative estimate of drug-likeness (QED) is 0.772. The van der Waals surface area contributed by atoms with Crippen LogP contribution in [0.25, 0.3) is 5.69 Å². The van der Waals surface area contributed by atoms with Crippen molar-refractivity contribution >= 4 is 11.7 Å². The summed E-state index contributed by atoms with van der Waals surface area (Å²) in [6.07, 6.45) is 1.60. The first kappa shape index (κ1) is 11.2. The van der Waals surface area contributed by atoms with Crippen LogP contribution in [0.4, 0.5) is 5.69 Å². The van der Waals surface area contributed by atoms with Crippen LogP contribution in [0.15, 0.2) is 24.5 Å². The number of aryl methyl sites for hydroxylation is 1. The van der Waals surface area contributed by atoms with E-state index in [4.69, 9.17) is 10.8 Å². The van der Waals surface area contributed by atoms with E-state index in [1.165, 1.54) is 6.07 Å². The second kappa shape index (κ2) is 3.93. The van der Waals surface area contributed by atoms with Crippen molar-refractivity contribution in [3.63, 3.8) is 0 Å². The molecule has 0 aliphatic heterocycles. The maximum absolute atomic E-state index is 11.1. The third-order valence-electron chi connectivity index (χ3n) is 2.76. The van der Waals surface area contributed by atoms with Crippen LogP contribution in [-0.4, -0.2) is 20.6 Å².